The molecule has 1 amide bonds. The van der Waals surface area contributed by atoms with Gasteiger partial charge in [-0.25, -0.2) is 4.98 Å². The molecule has 2 N–H and O–H groups in total. The SMILES string of the molecule is O=C(NC1CCCCCC1)c1ccc(NCc2ccco2)cn1. The van der Waals surface area contributed by atoms with Crippen molar-refractivity contribution in [3.63, 3.8) is 0 Å². The molecule has 0 saturated heterocycles. The van der Waals surface area contributed by atoms with Crippen LogP contribution >= 0.6 is 0 Å². The highest BCUT2D eigenvalue weighted by Gasteiger charge is 2.16. The lowest BCUT2D eigenvalue weighted by molar-refractivity contribution is 0.0928. The summed E-state index contributed by atoms with van der Waals surface area (Å²) < 4.78 is 5.26. The van der Waals surface area contributed by atoms with Crippen LogP contribution in [0, 0.1) is 0 Å². The Kier molecular flexibility index (Phi) is 5.29. The lowest BCUT2D eigenvalue weighted by Gasteiger charge is -2.15. The maximum absolute atomic E-state index is 12.3. The van der Waals surface area contributed by atoms with Crippen LogP contribution in [0.15, 0.2) is 41.1 Å². The fraction of sp³-hybridized carbons (Fsp3) is 0.444. The average Bonchev–Trinajstić information content (AvgIpc) is 2.97. The quantitative estimate of drug-likeness (QED) is 0.825. The zero-order chi connectivity index (χ0) is 15.9. The van der Waals surface area contributed by atoms with Gasteiger partial charge >= 0.3 is 0 Å². The van der Waals surface area contributed by atoms with Crippen LogP contribution in [0.3, 0.4) is 0 Å². The Labute approximate surface area is 136 Å². The second-order valence-corrected chi connectivity index (χ2v) is 6.03. The number of nitrogens with one attached hydrogen (secondary N) is 2. The van der Waals surface area contributed by atoms with Crippen LogP contribution < -0.4 is 10.6 Å². The van der Waals surface area contributed by atoms with Crippen LogP contribution in [0.2, 0.25) is 0 Å². The third kappa shape index (κ3) is 4.58. The zero-order valence-corrected chi connectivity index (χ0v) is 13.3. The minimum absolute atomic E-state index is 0.0746. The largest absolute Gasteiger partial charge is 0.467 e. The molecule has 23 heavy (non-hydrogen) atoms. The minimum atomic E-state index is -0.0746. The van der Waals surface area contributed by atoms with Gasteiger partial charge < -0.3 is 15.1 Å². The number of carbonyl (C=O) groups excluding carboxylic acids is 1. The first-order chi connectivity index (χ1) is 11.3. The van der Waals surface area contributed by atoms with Gasteiger partial charge in [-0.15, -0.1) is 0 Å². The first-order valence-electron chi connectivity index (χ1n) is 8.34. The molecule has 0 spiro atoms. The Hall–Kier alpha value is -2.30. The number of furan rings is 1. The van der Waals surface area contributed by atoms with Crippen LogP contribution in [-0.4, -0.2) is 16.9 Å². The van der Waals surface area contributed by atoms with E-state index >= 15 is 0 Å². The van der Waals surface area contributed by atoms with Crippen molar-refractivity contribution in [1.82, 2.24) is 10.3 Å². The Morgan fingerprint density at radius 1 is 1.17 bits per heavy atom. The van der Waals surface area contributed by atoms with Crippen LogP contribution in [0.5, 0.6) is 0 Å². The van der Waals surface area contributed by atoms with Crippen molar-refractivity contribution >= 4 is 11.6 Å². The van der Waals surface area contributed by atoms with E-state index in [1.807, 2.05) is 18.2 Å². The molecule has 5 nitrogen and oxygen atoms in total. The monoisotopic (exact) mass is 313 g/mol. The third-order valence-corrected chi connectivity index (χ3v) is 4.23. The van der Waals surface area contributed by atoms with Gasteiger partial charge in [-0.2, -0.15) is 0 Å². The predicted octanol–water partition coefficient (Wildman–Crippen LogP) is 3.74. The zero-order valence-electron chi connectivity index (χ0n) is 13.3. The number of carbonyl (C=O) groups is 1. The molecule has 2 heterocycles. The van der Waals surface area contributed by atoms with Crippen molar-refractivity contribution in [3.05, 3.63) is 48.2 Å². The van der Waals surface area contributed by atoms with E-state index in [0.29, 0.717) is 18.3 Å². The number of nitrogens with zero attached hydrogens (tertiary/aromatic N) is 1. The van der Waals surface area contributed by atoms with E-state index in [0.717, 1.165) is 24.3 Å². The van der Waals surface area contributed by atoms with Crippen LogP contribution in [0.25, 0.3) is 0 Å². The molecule has 0 radical (unpaired) electrons. The second-order valence-electron chi connectivity index (χ2n) is 6.03. The normalized spacial score (nSPS) is 15.8. The van der Waals surface area contributed by atoms with Gasteiger partial charge in [-0.05, 0) is 37.1 Å². The molecule has 0 atom stereocenters. The van der Waals surface area contributed by atoms with Gasteiger partial charge in [0.15, 0.2) is 0 Å². The molecule has 2 aromatic rings. The molecule has 0 unspecified atom stereocenters. The molecule has 2 aromatic heterocycles. The molecular formula is C18H23N3O2. The Morgan fingerprint density at radius 3 is 2.65 bits per heavy atom. The highest BCUT2D eigenvalue weighted by molar-refractivity contribution is 5.92. The Balaban J connectivity index is 1.52. The lowest BCUT2D eigenvalue weighted by atomic mass is 10.1. The van der Waals surface area contributed by atoms with E-state index in [1.54, 1.807) is 18.5 Å². The van der Waals surface area contributed by atoms with E-state index in [9.17, 15) is 4.79 Å². The number of anilines is 1. The molecular weight excluding hydrogens is 290 g/mol. The highest BCUT2D eigenvalue weighted by Crippen LogP contribution is 2.17. The van der Waals surface area contributed by atoms with E-state index in [2.05, 4.69) is 15.6 Å². The molecule has 0 aliphatic heterocycles. The van der Waals surface area contributed by atoms with E-state index in [1.165, 1.54) is 25.7 Å². The van der Waals surface area contributed by atoms with Gasteiger partial charge in [0.25, 0.3) is 5.91 Å². The van der Waals surface area contributed by atoms with Gasteiger partial charge in [0.2, 0.25) is 0 Å². The van der Waals surface area contributed by atoms with Crippen LogP contribution in [0.1, 0.15) is 54.8 Å². The fourth-order valence-electron chi connectivity index (χ4n) is 2.92. The van der Waals surface area contributed by atoms with Crippen molar-refractivity contribution < 1.29 is 9.21 Å². The standard InChI is InChI=1S/C18H23N3O2/c22-18(21-14-6-3-1-2-4-7-14)17-10-9-15(12-20-17)19-13-16-8-5-11-23-16/h5,8-12,14,19H,1-4,6-7,13H2,(H,21,22). The van der Waals surface area contributed by atoms with Crippen molar-refractivity contribution in [2.45, 2.75) is 51.1 Å². The number of pyridine rings is 1. The molecule has 122 valence electrons. The molecule has 1 fully saturated rings. The summed E-state index contributed by atoms with van der Waals surface area (Å²) in [6.07, 6.45) is 10.5. The van der Waals surface area contributed by atoms with Crippen molar-refractivity contribution in [3.8, 4) is 0 Å². The molecule has 5 heteroatoms. The van der Waals surface area contributed by atoms with Crippen molar-refractivity contribution in [1.29, 1.82) is 0 Å². The first-order valence-corrected chi connectivity index (χ1v) is 8.34. The fourth-order valence-corrected chi connectivity index (χ4v) is 2.92. The maximum Gasteiger partial charge on any atom is 0.270 e. The Morgan fingerprint density at radius 2 is 2.00 bits per heavy atom. The van der Waals surface area contributed by atoms with Gasteiger partial charge in [-0.3, -0.25) is 4.79 Å². The smallest absolute Gasteiger partial charge is 0.270 e. The molecule has 3 rings (SSSR count). The topological polar surface area (TPSA) is 67.2 Å². The van der Waals surface area contributed by atoms with Crippen molar-refractivity contribution in [2.24, 2.45) is 0 Å². The van der Waals surface area contributed by atoms with Crippen molar-refractivity contribution in [2.75, 3.05) is 5.32 Å². The molecule has 1 saturated carbocycles. The summed E-state index contributed by atoms with van der Waals surface area (Å²) in [5.41, 5.74) is 1.34. The lowest BCUT2D eigenvalue weighted by Crippen LogP contribution is -2.34. The predicted molar refractivity (Wildman–Crippen MR) is 89.2 cm³/mol. The first kappa shape index (κ1) is 15.6. The highest BCUT2D eigenvalue weighted by atomic mass is 16.3. The van der Waals surface area contributed by atoms with E-state index in [-0.39, 0.29) is 5.91 Å². The number of hydrogen-bond donors (Lipinski definition) is 2. The molecule has 0 aromatic carbocycles. The second kappa shape index (κ2) is 7.81. The summed E-state index contributed by atoms with van der Waals surface area (Å²) in [6.45, 7) is 0.600. The molecule has 1 aliphatic carbocycles. The molecule has 0 bridgehead atoms. The summed E-state index contributed by atoms with van der Waals surface area (Å²) >= 11 is 0. The summed E-state index contributed by atoms with van der Waals surface area (Å²) in [6, 6.07) is 7.70. The summed E-state index contributed by atoms with van der Waals surface area (Å²) in [5.74, 6) is 0.787. The summed E-state index contributed by atoms with van der Waals surface area (Å²) in [7, 11) is 0. The molecule has 1 aliphatic rings. The van der Waals surface area contributed by atoms with Crippen LogP contribution in [-0.2, 0) is 6.54 Å². The van der Waals surface area contributed by atoms with Gasteiger partial charge in [0, 0.05) is 6.04 Å². The average molecular weight is 313 g/mol. The maximum atomic E-state index is 12.3. The number of hydrogen-bond acceptors (Lipinski definition) is 4. The summed E-state index contributed by atoms with van der Waals surface area (Å²) in [5, 5.41) is 6.33. The van der Waals surface area contributed by atoms with Gasteiger partial charge in [0.05, 0.1) is 24.7 Å². The number of rotatable bonds is 5. The number of amides is 1. The summed E-state index contributed by atoms with van der Waals surface area (Å²) in [4.78, 5) is 16.5. The minimum Gasteiger partial charge on any atom is -0.467 e. The van der Waals surface area contributed by atoms with Crippen LogP contribution in [0.4, 0.5) is 5.69 Å². The van der Waals surface area contributed by atoms with Gasteiger partial charge in [0.1, 0.15) is 11.5 Å². The third-order valence-electron chi connectivity index (χ3n) is 4.23. The van der Waals surface area contributed by atoms with E-state index in [4.69, 9.17) is 4.42 Å². The number of aromatic nitrogens is 1. The van der Waals surface area contributed by atoms with Gasteiger partial charge in [-0.1, -0.05) is 25.7 Å². The van der Waals surface area contributed by atoms with E-state index < -0.39 is 0 Å². The Bertz CT molecular complexity index is 600.